The zero-order chi connectivity index (χ0) is 24.3. The summed E-state index contributed by atoms with van der Waals surface area (Å²) >= 11 is 0. The molecule has 4 atom stereocenters. The first-order valence-electron chi connectivity index (χ1n) is 12.5. The van der Waals surface area contributed by atoms with Crippen molar-refractivity contribution in [2.75, 3.05) is 19.9 Å². The molecule has 2 N–H and O–H groups in total. The molecule has 186 valence electrons. The summed E-state index contributed by atoms with van der Waals surface area (Å²) in [5, 5.41) is 21.0. The summed E-state index contributed by atoms with van der Waals surface area (Å²) in [5.41, 5.74) is 0.757. The highest BCUT2D eigenvalue weighted by Crippen LogP contribution is 2.55. The van der Waals surface area contributed by atoms with Crippen molar-refractivity contribution in [2.45, 2.75) is 95.0 Å². The van der Waals surface area contributed by atoms with E-state index in [1.807, 2.05) is 6.92 Å². The zero-order valence-electron chi connectivity index (χ0n) is 20.7. The van der Waals surface area contributed by atoms with Gasteiger partial charge in [-0.05, 0) is 102 Å². The van der Waals surface area contributed by atoms with Crippen LogP contribution in [0, 0.1) is 0 Å². The SMILES string of the molecule is CC1=C[C@]23CCCN2CCc2cc4c(cc2[C@@H]3C1OC(=O)[C@@](C)(O)CCCC(C)(C)O)OCO4. The van der Waals surface area contributed by atoms with Crippen molar-refractivity contribution in [3.63, 3.8) is 0 Å². The normalized spacial score (nSPS) is 29.5. The second-order valence-electron chi connectivity index (χ2n) is 11.4. The minimum absolute atomic E-state index is 0.0573. The van der Waals surface area contributed by atoms with Crippen molar-refractivity contribution in [3.8, 4) is 11.5 Å². The largest absolute Gasteiger partial charge is 0.455 e. The maximum Gasteiger partial charge on any atom is 0.338 e. The summed E-state index contributed by atoms with van der Waals surface area (Å²) in [6.45, 7) is 9.21. The van der Waals surface area contributed by atoms with Gasteiger partial charge in [0.05, 0.1) is 11.1 Å². The predicted molar refractivity (Wildman–Crippen MR) is 127 cm³/mol. The summed E-state index contributed by atoms with van der Waals surface area (Å²) in [6, 6.07) is 4.17. The Morgan fingerprint density at radius 1 is 1.18 bits per heavy atom. The van der Waals surface area contributed by atoms with Crippen molar-refractivity contribution in [3.05, 3.63) is 34.9 Å². The van der Waals surface area contributed by atoms with E-state index in [-0.39, 0.29) is 24.7 Å². The molecule has 0 bridgehead atoms. The van der Waals surface area contributed by atoms with Crippen LogP contribution in [0.3, 0.4) is 0 Å². The number of ether oxygens (including phenoxy) is 3. The van der Waals surface area contributed by atoms with E-state index in [4.69, 9.17) is 14.2 Å². The molecule has 34 heavy (non-hydrogen) atoms. The molecule has 1 unspecified atom stereocenters. The van der Waals surface area contributed by atoms with Crippen LogP contribution in [0.5, 0.6) is 11.5 Å². The van der Waals surface area contributed by atoms with E-state index in [9.17, 15) is 15.0 Å². The van der Waals surface area contributed by atoms with Crippen molar-refractivity contribution < 1.29 is 29.2 Å². The van der Waals surface area contributed by atoms with Crippen LogP contribution in [-0.4, -0.2) is 63.8 Å². The summed E-state index contributed by atoms with van der Waals surface area (Å²) in [7, 11) is 0. The van der Waals surface area contributed by atoms with Gasteiger partial charge in [-0.3, -0.25) is 4.90 Å². The van der Waals surface area contributed by atoms with Crippen LogP contribution in [0.1, 0.15) is 76.8 Å². The predicted octanol–water partition coefficient (Wildman–Crippen LogP) is 3.45. The highest BCUT2D eigenvalue weighted by atomic mass is 16.7. The number of carbonyl (C=O) groups excluding carboxylic acids is 1. The first-order valence-corrected chi connectivity index (χ1v) is 12.5. The van der Waals surface area contributed by atoms with Gasteiger partial charge in [-0.1, -0.05) is 6.08 Å². The maximum atomic E-state index is 13.3. The number of fused-ring (bicyclic) bond motifs is 3. The molecule has 1 saturated heterocycles. The van der Waals surface area contributed by atoms with Gasteiger partial charge in [-0.15, -0.1) is 0 Å². The lowest BCUT2D eigenvalue weighted by Gasteiger charge is -2.40. The molecular weight excluding hydrogens is 434 g/mol. The molecule has 1 spiro atoms. The lowest BCUT2D eigenvalue weighted by molar-refractivity contribution is -0.170. The van der Waals surface area contributed by atoms with Gasteiger partial charge >= 0.3 is 5.97 Å². The molecule has 0 radical (unpaired) electrons. The fourth-order valence-corrected chi connectivity index (χ4v) is 6.41. The van der Waals surface area contributed by atoms with Crippen LogP contribution in [0.15, 0.2) is 23.8 Å². The topological polar surface area (TPSA) is 88.5 Å². The molecule has 3 heterocycles. The smallest absolute Gasteiger partial charge is 0.338 e. The van der Waals surface area contributed by atoms with Crippen LogP contribution in [0.25, 0.3) is 0 Å². The van der Waals surface area contributed by atoms with E-state index >= 15 is 0 Å². The first-order chi connectivity index (χ1) is 16.0. The Hall–Kier alpha value is -2.09. The molecule has 7 nitrogen and oxygen atoms in total. The van der Waals surface area contributed by atoms with E-state index in [1.165, 1.54) is 12.5 Å². The third-order valence-electron chi connectivity index (χ3n) is 8.11. The van der Waals surface area contributed by atoms with Crippen molar-refractivity contribution >= 4 is 5.97 Å². The van der Waals surface area contributed by atoms with E-state index < -0.39 is 23.3 Å². The summed E-state index contributed by atoms with van der Waals surface area (Å²) in [5.74, 6) is 0.863. The van der Waals surface area contributed by atoms with Crippen LogP contribution < -0.4 is 9.47 Å². The molecule has 1 fully saturated rings. The van der Waals surface area contributed by atoms with Gasteiger partial charge < -0.3 is 24.4 Å². The number of hydrogen-bond donors (Lipinski definition) is 2. The minimum Gasteiger partial charge on any atom is -0.455 e. The van der Waals surface area contributed by atoms with E-state index in [0.29, 0.717) is 12.8 Å². The Balaban J connectivity index is 1.45. The Bertz CT molecular complexity index is 1010. The van der Waals surface area contributed by atoms with Gasteiger partial charge in [0.2, 0.25) is 6.79 Å². The van der Waals surface area contributed by atoms with Crippen LogP contribution >= 0.6 is 0 Å². The number of hydrogen-bond acceptors (Lipinski definition) is 7. The first kappa shape index (κ1) is 23.6. The third kappa shape index (κ3) is 4.01. The number of benzene rings is 1. The Labute approximate surface area is 201 Å². The van der Waals surface area contributed by atoms with Gasteiger partial charge in [0.25, 0.3) is 0 Å². The number of nitrogens with zero attached hydrogens (tertiary/aromatic N) is 1. The average molecular weight is 472 g/mol. The van der Waals surface area contributed by atoms with Crippen LogP contribution in [-0.2, 0) is 16.0 Å². The van der Waals surface area contributed by atoms with Crippen molar-refractivity contribution in [2.24, 2.45) is 0 Å². The van der Waals surface area contributed by atoms with E-state index in [0.717, 1.165) is 55.0 Å². The van der Waals surface area contributed by atoms with Crippen LogP contribution in [0.4, 0.5) is 0 Å². The fourth-order valence-electron chi connectivity index (χ4n) is 6.41. The fraction of sp³-hybridized carbons (Fsp3) is 0.667. The summed E-state index contributed by atoms with van der Waals surface area (Å²) < 4.78 is 17.5. The highest BCUT2D eigenvalue weighted by molar-refractivity contribution is 5.79. The van der Waals surface area contributed by atoms with E-state index in [1.54, 1.807) is 13.8 Å². The molecule has 3 aliphatic heterocycles. The van der Waals surface area contributed by atoms with Crippen molar-refractivity contribution in [1.82, 2.24) is 4.90 Å². The monoisotopic (exact) mass is 471 g/mol. The van der Waals surface area contributed by atoms with Gasteiger partial charge in [-0.2, -0.15) is 0 Å². The Morgan fingerprint density at radius 2 is 1.91 bits per heavy atom. The molecule has 1 aromatic carbocycles. The quantitative estimate of drug-likeness (QED) is 0.485. The van der Waals surface area contributed by atoms with E-state index in [2.05, 4.69) is 23.1 Å². The molecule has 0 amide bonds. The van der Waals surface area contributed by atoms with Gasteiger partial charge in [-0.25, -0.2) is 4.79 Å². The number of rotatable bonds is 6. The Kier molecular flexibility index (Phi) is 5.73. The third-order valence-corrected chi connectivity index (χ3v) is 8.11. The lowest BCUT2D eigenvalue weighted by atomic mass is 9.77. The summed E-state index contributed by atoms with van der Waals surface area (Å²) in [4.78, 5) is 15.8. The maximum absolute atomic E-state index is 13.3. The van der Waals surface area contributed by atoms with Gasteiger partial charge in [0.1, 0.15) is 6.10 Å². The second kappa shape index (κ2) is 8.25. The molecule has 7 heteroatoms. The minimum atomic E-state index is -1.61. The molecule has 5 rings (SSSR count). The summed E-state index contributed by atoms with van der Waals surface area (Å²) in [6.07, 6.45) is 6.15. The Morgan fingerprint density at radius 3 is 2.65 bits per heavy atom. The molecule has 4 aliphatic rings. The van der Waals surface area contributed by atoms with Crippen LogP contribution in [0.2, 0.25) is 0 Å². The number of carbonyl (C=O) groups is 1. The number of aliphatic hydroxyl groups is 2. The zero-order valence-corrected chi connectivity index (χ0v) is 20.7. The standard InChI is InChI=1S/C27H37NO6/c1-17-15-27-10-6-11-28(27)12-7-18-13-20-21(33-16-32-20)14-19(18)22(27)23(17)34-24(29)26(4,31)9-5-8-25(2,3)30/h13-15,22-23,30-31H,5-12,16H2,1-4H3/t22-,23?,26+,27+/m1/s1. The molecular formula is C27H37NO6. The molecule has 1 aromatic rings. The van der Waals surface area contributed by atoms with Gasteiger partial charge in [0, 0.05) is 12.5 Å². The molecule has 1 aliphatic carbocycles. The second-order valence-corrected chi connectivity index (χ2v) is 11.4. The molecule has 0 saturated carbocycles. The number of esters is 1. The molecule has 0 aromatic heterocycles. The lowest BCUT2D eigenvalue weighted by Crippen LogP contribution is -2.48. The van der Waals surface area contributed by atoms with Gasteiger partial charge in [0.15, 0.2) is 17.1 Å². The van der Waals surface area contributed by atoms with Crippen molar-refractivity contribution in [1.29, 1.82) is 0 Å². The average Bonchev–Trinajstić information content (AvgIpc) is 3.41. The highest BCUT2D eigenvalue weighted by Gasteiger charge is 2.57.